The van der Waals surface area contributed by atoms with Gasteiger partial charge in [0.15, 0.2) is 11.6 Å². The highest BCUT2D eigenvalue weighted by molar-refractivity contribution is 7.92. The van der Waals surface area contributed by atoms with Crippen LogP contribution in [0.1, 0.15) is 0 Å². The molecule has 112 valence electrons. The molecule has 1 aromatic heterocycles. The lowest BCUT2D eigenvalue weighted by Crippen LogP contribution is -2.15. The normalized spacial score (nSPS) is 11.2. The zero-order valence-corrected chi connectivity index (χ0v) is 13.6. The van der Waals surface area contributed by atoms with Crippen molar-refractivity contribution in [1.29, 1.82) is 0 Å². The van der Waals surface area contributed by atoms with E-state index in [9.17, 15) is 8.42 Å². The molecule has 0 amide bonds. The Bertz CT molecular complexity index is 784. The third-order valence-corrected chi connectivity index (χ3v) is 4.64. The monoisotopic (exact) mass is 367 g/mol. The van der Waals surface area contributed by atoms with Crippen molar-refractivity contribution in [2.45, 2.75) is 4.90 Å². The number of hydrogen-bond donors (Lipinski definition) is 1. The number of rotatable bonds is 4. The van der Waals surface area contributed by atoms with E-state index in [1.807, 2.05) is 0 Å². The molecule has 1 N–H and O–H groups in total. The zero-order valence-electron chi connectivity index (χ0n) is 10.5. The highest BCUT2D eigenvalue weighted by atomic mass is 35.5. The molecule has 2 rings (SSSR count). The molecule has 6 nitrogen and oxygen atoms in total. The van der Waals surface area contributed by atoms with Gasteiger partial charge < -0.3 is 4.74 Å². The Balaban J connectivity index is 2.41. The third-order valence-electron chi connectivity index (χ3n) is 2.38. The summed E-state index contributed by atoms with van der Waals surface area (Å²) in [6.07, 6.45) is 1.25. The first kappa shape index (κ1) is 16.1. The Morgan fingerprint density at radius 1 is 1.19 bits per heavy atom. The number of nitrogens with one attached hydrogen (secondary N) is 1. The molecule has 0 unspecified atom stereocenters. The number of methoxy groups -OCH3 is 1. The minimum absolute atomic E-state index is 0.0753. The van der Waals surface area contributed by atoms with Crippen molar-refractivity contribution >= 4 is 50.6 Å². The molecule has 0 radical (unpaired) electrons. The first-order valence-electron chi connectivity index (χ1n) is 5.38. The molecule has 10 heteroatoms. The van der Waals surface area contributed by atoms with Gasteiger partial charge in [0.05, 0.1) is 28.2 Å². The summed E-state index contributed by atoms with van der Waals surface area (Å²) in [5, 5.41) is 0.244. The topological polar surface area (TPSA) is 81.2 Å². The fourth-order valence-corrected chi connectivity index (χ4v) is 2.94. The van der Waals surface area contributed by atoms with Crippen LogP contribution >= 0.6 is 34.8 Å². The van der Waals surface area contributed by atoms with Crippen molar-refractivity contribution in [2.24, 2.45) is 0 Å². The van der Waals surface area contributed by atoms with Gasteiger partial charge in [-0.3, -0.25) is 4.72 Å². The van der Waals surface area contributed by atoms with Gasteiger partial charge in [0.25, 0.3) is 10.0 Å². The van der Waals surface area contributed by atoms with Crippen molar-refractivity contribution in [1.82, 2.24) is 9.97 Å². The summed E-state index contributed by atoms with van der Waals surface area (Å²) in [5.41, 5.74) is 0. The van der Waals surface area contributed by atoms with E-state index >= 15 is 0 Å². The molecule has 0 atom stereocenters. The van der Waals surface area contributed by atoms with Crippen LogP contribution in [0.2, 0.25) is 15.3 Å². The highest BCUT2D eigenvalue weighted by Crippen LogP contribution is 2.28. The standard InChI is InChI=1S/C11H8Cl3N3O3S/c1-20-9-5-15-11(14)16-10(9)17-21(18,19)6-2-3-7(12)8(13)4-6/h2-5H,1H3,(H,15,16,17). The molecule has 0 aliphatic rings. The molecule has 0 saturated heterocycles. The van der Waals surface area contributed by atoms with Crippen LogP contribution < -0.4 is 9.46 Å². The van der Waals surface area contributed by atoms with Crippen molar-refractivity contribution in [3.63, 3.8) is 0 Å². The lowest BCUT2D eigenvalue weighted by Gasteiger charge is -2.11. The maximum atomic E-state index is 12.3. The molecule has 0 spiro atoms. The van der Waals surface area contributed by atoms with Crippen LogP contribution in [0.5, 0.6) is 5.75 Å². The average Bonchev–Trinajstić information content (AvgIpc) is 2.41. The van der Waals surface area contributed by atoms with Crippen LogP contribution in [0.15, 0.2) is 29.3 Å². The van der Waals surface area contributed by atoms with E-state index in [1.54, 1.807) is 0 Å². The number of hydrogen-bond acceptors (Lipinski definition) is 5. The number of halogens is 3. The number of benzene rings is 1. The Morgan fingerprint density at radius 2 is 1.90 bits per heavy atom. The van der Waals surface area contributed by atoms with Crippen LogP contribution in [0.25, 0.3) is 0 Å². The van der Waals surface area contributed by atoms with Gasteiger partial charge in [-0.05, 0) is 29.8 Å². The van der Waals surface area contributed by atoms with Gasteiger partial charge in [-0.1, -0.05) is 23.2 Å². The van der Waals surface area contributed by atoms with Gasteiger partial charge >= 0.3 is 0 Å². The van der Waals surface area contributed by atoms with Crippen LogP contribution in [0.4, 0.5) is 5.82 Å². The Hall–Kier alpha value is -1.28. The van der Waals surface area contributed by atoms with E-state index in [1.165, 1.54) is 31.5 Å². The summed E-state index contributed by atoms with van der Waals surface area (Å²) in [5.74, 6) is 0.0478. The summed E-state index contributed by atoms with van der Waals surface area (Å²) in [7, 11) is -2.57. The molecular formula is C11H8Cl3N3O3S. The van der Waals surface area contributed by atoms with Gasteiger partial charge in [0, 0.05) is 0 Å². The SMILES string of the molecule is COc1cnc(Cl)nc1NS(=O)(=O)c1ccc(Cl)c(Cl)c1. The maximum absolute atomic E-state index is 12.3. The molecule has 0 fully saturated rings. The molecule has 0 aliphatic carbocycles. The first-order valence-corrected chi connectivity index (χ1v) is 7.99. The van der Waals surface area contributed by atoms with Gasteiger partial charge in [-0.2, -0.15) is 4.98 Å². The van der Waals surface area contributed by atoms with Crippen LogP contribution in [-0.4, -0.2) is 25.5 Å². The minimum Gasteiger partial charge on any atom is -0.491 e. The van der Waals surface area contributed by atoms with Gasteiger partial charge in [-0.15, -0.1) is 0 Å². The van der Waals surface area contributed by atoms with Crippen LogP contribution in [-0.2, 0) is 10.0 Å². The number of aromatic nitrogens is 2. The summed E-state index contributed by atoms with van der Waals surface area (Å²) < 4.78 is 31.8. The fourth-order valence-electron chi connectivity index (χ4n) is 1.40. The second kappa shape index (κ2) is 6.23. The van der Waals surface area contributed by atoms with E-state index in [-0.39, 0.29) is 31.8 Å². The smallest absolute Gasteiger partial charge is 0.263 e. The minimum atomic E-state index is -3.92. The summed E-state index contributed by atoms with van der Waals surface area (Å²) in [6, 6.07) is 3.91. The van der Waals surface area contributed by atoms with E-state index in [2.05, 4.69) is 14.7 Å². The second-order valence-electron chi connectivity index (χ2n) is 3.74. The van der Waals surface area contributed by atoms with Gasteiger partial charge in [0.1, 0.15) is 0 Å². The largest absolute Gasteiger partial charge is 0.491 e. The van der Waals surface area contributed by atoms with E-state index in [4.69, 9.17) is 39.5 Å². The summed E-state index contributed by atoms with van der Waals surface area (Å²) in [6.45, 7) is 0. The summed E-state index contributed by atoms with van der Waals surface area (Å²) >= 11 is 17.2. The predicted molar refractivity (Wildman–Crippen MR) is 80.9 cm³/mol. The predicted octanol–water partition coefficient (Wildman–Crippen LogP) is 3.25. The highest BCUT2D eigenvalue weighted by Gasteiger charge is 2.19. The van der Waals surface area contributed by atoms with Crippen molar-refractivity contribution < 1.29 is 13.2 Å². The molecule has 0 saturated carbocycles. The number of anilines is 1. The van der Waals surface area contributed by atoms with Crippen molar-refractivity contribution in [2.75, 3.05) is 11.8 Å². The fraction of sp³-hybridized carbons (Fsp3) is 0.0909. The molecule has 1 aromatic carbocycles. The second-order valence-corrected chi connectivity index (χ2v) is 6.57. The van der Waals surface area contributed by atoms with Crippen molar-refractivity contribution in [3.05, 3.63) is 39.7 Å². The maximum Gasteiger partial charge on any atom is 0.263 e. The van der Waals surface area contributed by atoms with E-state index in [0.717, 1.165) is 0 Å². The lowest BCUT2D eigenvalue weighted by molar-refractivity contribution is 0.413. The number of ether oxygens (including phenoxy) is 1. The van der Waals surface area contributed by atoms with Crippen LogP contribution in [0.3, 0.4) is 0 Å². The summed E-state index contributed by atoms with van der Waals surface area (Å²) in [4.78, 5) is 7.39. The molecular weight excluding hydrogens is 361 g/mol. The zero-order chi connectivity index (χ0) is 15.6. The Morgan fingerprint density at radius 3 is 2.52 bits per heavy atom. The van der Waals surface area contributed by atoms with Crippen LogP contribution in [0, 0.1) is 0 Å². The molecule has 0 bridgehead atoms. The van der Waals surface area contributed by atoms with E-state index < -0.39 is 10.0 Å². The molecule has 0 aliphatic heterocycles. The van der Waals surface area contributed by atoms with Crippen molar-refractivity contribution in [3.8, 4) is 5.75 Å². The number of nitrogens with zero attached hydrogens (tertiary/aromatic N) is 2. The quantitative estimate of drug-likeness (QED) is 0.838. The molecule has 21 heavy (non-hydrogen) atoms. The third kappa shape index (κ3) is 3.68. The average molecular weight is 369 g/mol. The van der Waals surface area contributed by atoms with Gasteiger partial charge in [0.2, 0.25) is 5.28 Å². The molecule has 2 aromatic rings. The lowest BCUT2D eigenvalue weighted by atomic mass is 10.4. The van der Waals surface area contributed by atoms with Gasteiger partial charge in [-0.25, -0.2) is 13.4 Å². The Kier molecular flexibility index (Phi) is 4.77. The number of sulfonamides is 1. The molecule has 1 heterocycles. The first-order chi connectivity index (χ1) is 9.83. The Labute approximate surface area is 136 Å². The van der Waals surface area contributed by atoms with E-state index in [0.29, 0.717) is 0 Å².